The number of hydrogen-bond acceptors (Lipinski definition) is 11. The summed E-state index contributed by atoms with van der Waals surface area (Å²) in [5, 5.41) is 11.5. The maximum atomic E-state index is 13.2. The van der Waals surface area contributed by atoms with E-state index in [4.69, 9.17) is 42.6 Å². The quantitative estimate of drug-likeness (QED) is 0.0642. The molecule has 0 bridgehead atoms. The van der Waals surface area contributed by atoms with E-state index in [1.165, 1.54) is 17.7 Å². The zero-order valence-corrected chi connectivity index (χ0v) is 35.1. The second-order valence-electron chi connectivity index (χ2n) is 15.3. The molecule has 5 atom stereocenters. The number of carbonyl (C=O) groups is 1. The van der Waals surface area contributed by atoms with Gasteiger partial charge in [-0.2, -0.15) is 13.2 Å². The van der Waals surface area contributed by atoms with Crippen molar-refractivity contribution in [3.05, 3.63) is 95.6 Å². The van der Waals surface area contributed by atoms with E-state index >= 15 is 0 Å². The molecule has 0 amide bonds. The van der Waals surface area contributed by atoms with Crippen molar-refractivity contribution in [1.82, 2.24) is 4.90 Å². The summed E-state index contributed by atoms with van der Waals surface area (Å²) >= 11 is 0. The maximum absolute atomic E-state index is 13.2. The number of halogens is 3. The topological polar surface area (TPSA) is 124 Å². The smallest absolute Gasteiger partial charge is 0.416 e. The van der Waals surface area contributed by atoms with Crippen LogP contribution in [-0.4, -0.2) is 128 Å². The lowest BCUT2D eigenvalue weighted by Gasteiger charge is -2.46. The van der Waals surface area contributed by atoms with Crippen LogP contribution in [0.2, 0.25) is 0 Å². The van der Waals surface area contributed by atoms with E-state index in [2.05, 4.69) is 17.0 Å². The van der Waals surface area contributed by atoms with Crippen molar-refractivity contribution < 1.29 is 65.7 Å². The number of carboxylic acid groups (broad SMARTS) is 1. The van der Waals surface area contributed by atoms with Gasteiger partial charge in [-0.15, -0.1) is 0 Å². The molecule has 61 heavy (non-hydrogen) atoms. The molecule has 2 heterocycles. The van der Waals surface area contributed by atoms with Gasteiger partial charge >= 0.3 is 12.1 Å². The van der Waals surface area contributed by atoms with E-state index in [-0.39, 0.29) is 45.4 Å². The number of benzene rings is 4. The Morgan fingerprint density at radius 2 is 1.31 bits per heavy atom. The SMILES string of the molecule is COCOCC1OC(CCCN2CCC(c3ccc(-c4cc(C(=O)O)cc5cc(-c6ccc(C(F)(F)F)cc6)ccc45)cc3)CC2)C(OCOC)C(OCOC)C1OCOC. The van der Waals surface area contributed by atoms with Gasteiger partial charge in [0.1, 0.15) is 51.6 Å². The summed E-state index contributed by atoms with van der Waals surface area (Å²) in [6.45, 7) is 3.20. The molecule has 6 rings (SSSR count). The number of aromatic carboxylic acids is 1. The molecule has 2 aliphatic heterocycles. The Kier molecular flexibility index (Phi) is 17.1. The molecule has 5 unspecified atom stereocenters. The molecule has 0 aliphatic carbocycles. The van der Waals surface area contributed by atoms with Crippen molar-refractivity contribution in [2.45, 2.75) is 68.3 Å². The highest BCUT2D eigenvalue weighted by molar-refractivity contribution is 6.04. The zero-order chi connectivity index (χ0) is 43.4. The van der Waals surface area contributed by atoms with E-state index in [0.29, 0.717) is 28.9 Å². The number of carboxylic acids is 1. The van der Waals surface area contributed by atoms with Gasteiger partial charge in [-0.25, -0.2) is 4.79 Å². The maximum Gasteiger partial charge on any atom is 0.416 e. The molecule has 0 aromatic heterocycles. The van der Waals surface area contributed by atoms with Gasteiger partial charge in [0.25, 0.3) is 0 Å². The zero-order valence-electron chi connectivity index (χ0n) is 35.1. The summed E-state index contributed by atoms with van der Waals surface area (Å²) in [7, 11) is 6.24. The van der Waals surface area contributed by atoms with Crippen LogP contribution in [0.25, 0.3) is 33.0 Å². The average molecular weight is 856 g/mol. The fourth-order valence-corrected chi connectivity index (χ4v) is 8.34. The van der Waals surface area contributed by atoms with Crippen molar-refractivity contribution in [1.29, 1.82) is 0 Å². The molecule has 0 spiro atoms. The van der Waals surface area contributed by atoms with Crippen molar-refractivity contribution >= 4 is 16.7 Å². The van der Waals surface area contributed by atoms with Crippen LogP contribution in [0.5, 0.6) is 0 Å². The lowest BCUT2D eigenvalue weighted by atomic mass is 9.87. The molecule has 4 aromatic rings. The number of methoxy groups -OCH3 is 4. The third kappa shape index (κ3) is 12.1. The van der Waals surface area contributed by atoms with Gasteiger partial charge in [0.05, 0.1) is 23.8 Å². The van der Waals surface area contributed by atoms with Crippen LogP contribution in [0.1, 0.15) is 53.1 Å². The molecule has 4 aromatic carbocycles. The Labute approximate surface area is 354 Å². The van der Waals surface area contributed by atoms with Gasteiger partial charge in [-0.1, -0.05) is 48.5 Å². The van der Waals surface area contributed by atoms with Crippen LogP contribution in [0.3, 0.4) is 0 Å². The fraction of sp³-hybridized carbons (Fsp3) is 0.500. The van der Waals surface area contributed by atoms with Gasteiger partial charge in [0, 0.05) is 28.4 Å². The largest absolute Gasteiger partial charge is 0.478 e. The Hall–Kier alpha value is -4.00. The van der Waals surface area contributed by atoms with Crippen LogP contribution in [-0.2, 0) is 48.8 Å². The minimum absolute atomic E-state index is 0.0291. The van der Waals surface area contributed by atoms with E-state index in [1.807, 2.05) is 30.3 Å². The first-order valence-electron chi connectivity index (χ1n) is 20.4. The highest BCUT2D eigenvalue weighted by Crippen LogP contribution is 2.37. The Balaban J connectivity index is 1.09. The minimum Gasteiger partial charge on any atom is -0.478 e. The van der Waals surface area contributed by atoms with Gasteiger partial charge in [-0.3, -0.25) is 0 Å². The summed E-state index contributed by atoms with van der Waals surface area (Å²) in [5.74, 6) is -0.682. The van der Waals surface area contributed by atoms with Crippen LogP contribution in [0.15, 0.2) is 78.9 Å². The molecule has 12 nitrogen and oxygen atoms in total. The summed E-state index contributed by atoms with van der Waals surface area (Å²) in [4.78, 5) is 14.7. The van der Waals surface area contributed by atoms with Crippen LogP contribution >= 0.6 is 0 Å². The molecule has 1 N–H and O–H groups in total. The number of fused-ring (bicyclic) bond motifs is 1. The molecule has 2 fully saturated rings. The molecule has 332 valence electrons. The highest BCUT2D eigenvalue weighted by Gasteiger charge is 2.48. The number of hydrogen-bond donors (Lipinski definition) is 1. The monoisotopic (exact) mass is 855 g/mol. The van der Waals surface area contributed by atoms with Crippen LogP contribution in [0, 0.1) is 0 Å². The van der Waals surface area contributed by atoms with Crippen molar-refractivity contribution in [2.24, 2.45) is 0 Å². The number of nitrogens with zero attached hydrogens (tertiary/aromatic N) is 1. The van der Waals surface area contributed by atoms with Crippen molar-refractivity contribution in [3.63, 3.8) is 0 Å². The van der Waals surface area contributed by atoms with Crippen molar-refractivity contribution in [2.75, 3.05) is 81.9 Å². The fourth-order valence-electron chi connectivity index (χ4n) is 8.34. The highest BCUT2D eigenvalue weighted by atomic mass is 19.4. The Morgan fingerprint density at radius 1 is 0.721 bits per heavy atom. The van der Waals surface area contributed by atoms with Gasteiger partial charge in [0.2, 0.25) is 0 Å². The minimum atomic E-state index is -4.43. The first kappa shape index (κ1) is 46.5. The van der Waals surface area contributed by atoms with E-state index < -0.39 is 42.1 Å². The van der Waals surface area contributed by atoms with Gasteiger partial charge in [0.15, 0.2) is 0 Å². The number of rotatable bonds is 21. The molecular formula is C46H56F3NO11. The van der Waals surface area contributed by atoms with E-state index in [1.54, 1.807) is 40.6 Å². The number of alkyl halides is 3. The van der Waals surface area contributed by atoms with E-state index in [9.17, 15) is 23.1 Å². The molecule has 15 heteroatoms. The predicted octanol–water partition coefficient (Wildman–Crippen LogP) is 8.21. The first-order chi connectivity index (χ1) is 29.5. The standard InChI is InChI=1S/C46H56F3NO11/c1-53-26-57-25-41-43(59-28-55-3)44(60-29-56-4)42(58-27-54-2)40(61-41)6-5-19-50-20-17-32(18-21-50)30-7-9-33(10-8-30)39-24-36(45(51)52)23-35-22-34(13-16-38(35)39)31-11-14-37(15-12-31)46(47,48)49/h7-16,22-24,32,40-44H,5-6,17-21,25-29H2,1-4H3,(H,51,52). The number of piperidine rings is 1. The van der Waals surface area contributed by atoms with E-state index in [0.717, 1.165) is 67.5 Å². The molecule has 0 radical (unpaired) electrons. The van der Waals surface area contributed by atoms with Crippen molar-refractivity contribution in [3.8, 4) is 22.3 Å². The van der Waals surface area contributed by atoms with Crippen LogP contribution < -0.4 is 0 Å². The second kappa shape index (κ2) is 22.4. The molecule has 0 saturated carbocycles. The Morgan fingerprint density at radius 3 is 1.92 bits per heavy atom. The van der Waals surface area contributed by atoms with Crippen LogP contribution in [0.4, 0.5) is 13.2 Å². The predicted molar refractivity (Wildman–Crippen MR) is 221 cm³/mol. The summed E-state index contributed by atoms with van der Waals surface area (Å²) in [5.41, 5.74) is 3.59. The number of ether oxygens (including phenoxy) is 9. The normalized spacial score (nSPS) is 21.6. The lowest BCUT2D eigenvalue weighted by Crippen LogP contribution is -2.61. The summed E-state index contributed by atoms with van der Waals surface area (Å²) in [6.07, 6.45) is -3.30. The third-order valence-corrected chi connectivity index (χ3v) is 11.3. The Bertz CT molecular complexity index is 1970. The summed E-state index contributed by atoms with van der Waals surface area (Å²) in [6, 6.07) is 22.2. The molecule has 2 saturated heterocycles. The summed E-state index contributed by atoms with van der Waals surface area (Å²) < 4.78 is 91.0. The molecular weight excluding hydrogens is 799 g/mol. The second-order valence-corrected chi connectivity index (χ2v) is 15.3. The third-order valence-electron chi connectivity index (χ3n) is 11.3. The number of likely N-dealkylation sites (tertiary alicyclic amines) is 1. The average Bonchev–Trinajstić information content (AvgIpc) is 3.27. The lowest BCUT2D eigenvalue weighted by molar-refractivity contribution is -0.298. The van der Waals surface area contributed by atoms with Gasteiger partial charge in [-0.05, 0) is 120 Å². The van der Waals surface area contributed by atoms with Gasteiger partial charge < -0.3 is 52.6 Å². The molecule has 2 aliphatic rings. The first-order valence-corrected chi connectivity index (χ1v) is 20.4.